The second kappa shape index (κ2) is 7.36. The summed E-state index contributed by atoms with van der Waals surface area (Å²) in [6, 6.07) is 7.00. The van der Waals surface area contributed by atoms with Gasteiger partial charge in [-0.2, -0.15) is 0 Å². The minimum Gasteiger partial charge on any atom is -0.484 e. The van der Waals surface area contributed by atoms with E-state index in [2.05, 4.69) is 15.6 Å². The molecule has 0 radical (unpaired) electrons. The number of rotatable bonds is 7. The number of amides is 2. The lowest BCUT2D eigenvalue weighted by molar-refractivity contribution is -0.141. The Morgan fingerprint density at radius 3 is 2.50 bits per heavy atom. The van der Waals surface area contributed by atoms with Crippen molar-refractivity contribution in [2.24, 2.45) is 0 Å². The molecule has 1 heterocycles. The number of Topliss-reactive ketones (excluding diaryl/α,β-unsaturated/α-hetero) is 1. The van der Waals surface area contributed by atoms with Crippen LogP contribution in [0.4, 0.5) is 4.39 Å². The first-order valence-electron chi connectivity index (χ1n) is 9.38. The van der Waals surface area contributed by atoms with Gasteiger partial charge in [-0.3, -0.25) is 19.4 Å². The molecule has 0 spiro atoms. The first-order valence-corrected chi connectivity index (χ1v) is 9.76. The molecule has 3 saturated carbocycles. The van der Waals surface area contributed by atoms with Gasteiger partial charge in [-0.1, -0.05) is 11.6 Å². The molecule has 7 nitrogen and oxygen atoms in total. The van der Waals surface area contributed by atoms with Gasteiger partial charge < -0.3 is 15.4 Å². The summed E-state index contributed by atoms with van der Waals surface area (Å²) >= 11 is 5.61. The van der Waals surface area contributed by atoms with Gasteiger partial charge in [0.1, 0.15) is 17.3 Å². The van der Waals surface area contributed by atoms with E-state index >= 15 is 0 Å². The second-order valence-electron chi connectivity index (χ2n) is 7.94. The van der Waals surface area contributed by atoms with E-state index in [1.54, 1.807) is 6.07 Å². The fourth-order valence-corrected chi connectivity index (χ4v) is 4.30. The van der Waals surface area contributed by atoms with Crippen molar-refractivity contribution >= 4 is 29.2 Å². The number of carbonyl (C=O) groups excluding carboxylic acids is 3. The molecule has 2 N–H and O–H groups in total. The normalized spacial score (nSPS) is 23.6. The molecular weight excluding hydrogens is 413 g/mol. The van der Waals surface area contributed by atoms with Crippen molar-refractivity contribution in [3.8, 4) is 5.75 Å². The predicted octanol–water partition coefficient (Wildman–Crippen LogP) is 2.68. The predicted molar refractivity (Wildman–Crippen MR) is 106 cm³/mol. The average molecular weight is 432 g/mol. The van der Waals surface area contributed by atoms with E-state index in [1.807, 2.05) is 0 Å². The van der Waals surface area contributed by atoms with Crippen molar-refractivity contribution in [1.29, 1.82) is 0 Å². The first-order chi connectivity index (χ1) is 14.2. The van der Waals surface area contributed by atoms with E-state index in [4.69, 9.17) is 16.3 Å². The summed E-state index contributed by atoms with van der Waals surface area (Å²) in [6.45, 7) is 1.18. The minimum absolute atomic E-state index is 0.0174. The maximum absolute atomic E-state index is 13.4. The Morgan fingerprint density at radius 2 is 1.83 bits per heavy atom. The fraction of sp³-hybridized carbons (Fsp3) is 0.333. The van der Waals surface area contributed by atoms with E-state index in [0.29, 0.717) is 24.8 Å². The highest BCUT2D eigenvalue weighted by Crippen LogP contribution is 2.60. The molecule has 5 rings (SSSR count). The van der Waals surface area contributed by atoms with Gasteiger partial charge in [0, 0.05) is 28.9 Å². The lowest BCUT2D eigenvalue weighted by atomic mass is 9.44. The van der Waals surface area contributed by atoms with Gasteiger partial charge in [-0.15, -0.1) is 0 Å². The molecule has 3 aliphatic carbocycles. The van der Waals surface area contributed by atoms with Crippen molar-refractivity contribution in [2.45, 2.75) is 37.3 Å². The number of ketones is 1. The SMILES string of the molecule is CC(=O)c1ccnc(C(=O)NC23CC(NC(=O)COc4ccc(Cl)c(F)c4)(C2)C3)c1. The molecule has 2 amide bonds. The summed E-state index contributed by atoms with van der Waals surface area (Å²) in [6.07, 6.45) is 3.26. The molecule has 0 saturated heterocycles. The Bertz CT molecular complexity index is 1040. The van der Waals surface area contributed by atoms with Crippen molar-refractivity contribution in [1.82, 2.24) is 15.6 Å². The summed E-state index contributed by atoms with van der Waals surface area (Å²) < 4.78 is 18.7. The molecular formula is C21H19ClFN3O4. The van der Waals surface area contributed by atoms with E-state index in [9.17, 15) is 18.8 Å². The summed E-state index contributed by atoms with van der Waals surface area (Å²) in [5.74, 6) is -1.20. The number of pyridine rings is 1. The molecule has 2 bridgehead atoms. The third-order valence-electron chi connectivity index (χ3n) is 5.47. The van der Waals surface area contributed by atoms with Crippen molar-refractivity contribution < 1.29 is 23.5 Å². The lowest BCUT2D eigenvalue weighted by Gasteiger charge is -2.70. The Hall–Kier alpha value is -3.00. The van der Waals surface area contributed by atoms with Crippen LogP contribution in [-0.2, 0) is 4.79 Å². The third kappa shape index (κ3) is 3.87. The van der Waals surface area contributed by atoms with Crippen molar-refractivity contribution in [3.63, 3.8) is 0 Å². The monoisotopic (exact) mass is 431 g/mol. The van der Waals surface area contributed by atoms with Gasteiger partial charge in [0.25, 0.3) is 11.8 Å². The van der Waals surface area contributed by atoms with Crippen LogP contribution in [0.5, 0.6) is 5.75 Å². The third-order valence-corrected chi connectivity index (χ3v) is 5.78. The van der Waals surface area contributed by atoms with Crippen LogP contribution in [0.1, 0.15) is 47.0 Å². The van der Waals surface area contributed by atoms with Crippen LogP contribution >= 0.6 is 11.6 Å². The van der Waals surface area contributed by atoms with Gasteiger partial charge in [0.2, 0.25) is 0 Å². The maximum atomic E-state index is 13.4. The summed E-state index contributed by atoms with van der Waals surface area (Å²) in [4.78, 5) is 40.1. The smallest absolute Gasteiger partial charge is 0.270 e. The zero-order valence-corrected chi connectivity index (χ0v) is 16.9. The Kier molecular flexibility index (Phi) is 4.97. The highest BCUT2D eigenvalue weighted by atomic mass is 35.5. The number of ether oxygens (including phenoxy) is 1. The Morgan fingerprint density at radius 1 is 1.13 bits per heavy atom. The zero-order valence-electron chi connectivity index (χ0n) is 16.1. The fourth-order valence-electron chi connectivity index (χ4n) is 4.18. The van der Waals surface area contributed by atoms with Crippen molar-refractivity contribution in [3.05, 3.63) is 58.6 Å². The van der Waals surface area contributed by atoms with E-state index in [0.717, 1.165) is 6.07 Å². The van der Waals surface area contributed by atoms with Crippen LogP contribution in [0.15, 0.2) is 36.5 Å². The number of benzene rings is 1. The topological polar surface area (TPSA) is 97.4 Å². The summed E-state index contributed by atoms with van der Waals surface area (Å²) in [5, 5.41) is 5.86. The van der Waals surface area contributed by atoms with E-state index in [-0.39, 0.29) is 51.7 Å². The van der Waals surface area contributed by atoms with Gasteiger partial charge in [-0.05, 0) is 50.5 Å². The molecule has 1 aromatic heterocycles. The molecule has 3 aliphatic rings. The number of carbonyl (C=O) groups is 3. The van der Waals surface area contributed by atoms with Gasteiger partial charge in [0.05, 0.1) is 5.02 Å². The number of halogens is 2. The van der Waals surface area contributed by atoms with Gasteiger partial charge >= 0.3 is 0 Å². The standard InChI is InChI=1S/C21H19ClFN3O4/c1-12(27)13-4-5-24-17(6-13)19(29)26-21-9-20(10-21,11-21)25-18(28)8-30-14-2-3-15(22)16(23)7-14/h2-7H,8-11H2,1H3,(H,25,28)(H,26,29). The maximum Gasteiger partial charge on any atom is 0.270 e. The van der Waals surface area contributed by atoms with Crippen molar-refractivity contribution in [2.75, 3.05) is 6.61 Å². The lowest BCUT2D eigenvalue weighted by Crippen LogP contribution is -2.84. The van der Waals surface area contributed by atoms with Gasteiger partial charge in [0.15, 0.2) is 12.4 Å². The summed E-state index contributed by atoms with van der Waals surface area (Å²) in [7, 11) is 0. The average Bonchev–Trinajstić information content (AvgIpc) is 2.66. The quantitative estimate of drug-likeness (QED) is 0.657. The second-order valence-corrected chi connectivity index (χ2v) is 8.35. The van der Waals surface area contributed by atoms with Crippen LogP contribution < -0.4 is 15.4 Å². The Labute approximate surface area is 177 Å². The zero-order chi connectivity index (χ0) is 21.5. The van der Waals surface area contributed by atoms with Crippen LogP contribution in [0.25, 0.3) is 0 Å². The van der Waals surface area contributed by atoms with Crippen LogP contribution in [0.2, 0.25) is 5.02 Å². The van der Waals surface area contributed by atoms with E-state index in [1.165, 1.54) is 31.3 Å². The minimum atomic E-state index is -0.616. The van der Waals surface area contributed by atoms with Crippen LogP contribution in [0, 0.1) is 5.82 Å². The largest absolute Gasteiger partial charge is 0.484 e. The number of hydrogen-bond donors (Lipinski definition) is 2. The highest BCUT2D eigenvalue weighted by molar-refractivity contribution is 6.30. The Balaban J connectivity index is 1.26. The summed E-state index contributed by atoms with van der Waals surface area (Å²) in [5.41, 5.74) is -0.0994. The van der Waals surface area contributed by atoms with E-state index < -0.39 is 5.82 Å². The molecule has 156 valence electrons. The molecule has 0 unspecified atom stereocenters. The van der Waals surface area contributed by atoms with Crippen LogP contribution in [-0.4, -0.2) is 40.3 Å². The molecule has 1 aromatic carbocycles. The van der Waals surface area contributed by atoms with Crippen LogP contribution in [0.3, 0.4) is 0 Å². The molecule has 30 heavy (non-hydrogen) atoms. The van der Waals surface area contributed by atoms with Gasteiger partial charge in [-0.25, -0.2) is 4.39 Å². The molecule has 9 heteroatoms. The number of hydrogen-bond acceptors (Lipinski definition) is 5. The first kappa shape index (κ1) is 20.3. The molecule has 2 aromatic rings. The number of aromatic nitrogens is 1. The molecule has 3 fully saturated rings. The number of nitrogens with one attached hydrogen (secondary N) is 2. The molecule has 0 aliphatic heterocycles. The molecule has 0 atom stereocenters. The highest BCUT2D eigenvalue weighted by Gasteiger charge is 2.69. The number of nitrogens with zero attached hydrogens (tertiary/aromatic N) is 1.